The Bertz CT molecular complexity index is 424. The largest absolute Gasteiger partial charge is 0.347 e. The molecule has 0 saturated carbocycles. The van der Waals surface area contributed by atoms with Gasteiger partial charge < -0.3 is 9.80 Å². The number of hydrazine groups is 1. The Morgan fingerprint density at radius 2 is 1.94 bits per heavy atom. The number of nitrogens with one attached hydrogen (secondary N) is 1. The van der Waals surface area contributed by atoms with Gasteiger partial charge in [0, 0.05) is 27.2 Å². The van der Waals surface area contributed by atoms with Crippen molar-refractivity contribution in [2.45, 2.75) is 13.3 Å². The van der Waals surface area contributed by atoms with Crippen LogP contribution in [0.5, 0.6) is 0 Å². The second-order valence-corrected chi connectivity index (χ2v) is 3.79. The van der Waals surface area contributed by atoms with E-state index in [1.807, 2.05) is 25.9 Å². The lowest BCUT2D eigenvalue weighted by Crippen LogP contribution is -2.28. The van der Waals surface area contributed by atoms with E-state index in [9.17, 15) is 0 Å². The maximum Gasteiger partial charge on any atom is 0.243 e. The minimum atomic E-state index is 0.305. The molecular formula is C10H18N8. The predicted molar refractivity (Wildman–Crippen MR) is 70.1 cm³/mol. The highest BCUT2D eigenvalue weighted by molar-refractivity contribution is 5.44. The minimum Gasteiger partial charge on any atom is -0.347 e. The van der Waals surface area contributed by atoms with E-state index in [2.05, 4.69) is 26.4 Å². The fourth-order valence-corrected chi connectivity index (χ4v) is 1.34. The number of nitrogens with zero attached hydrogens (tertiary/aromatic N) is 6. The van der Waals surface area contributed by atoms with Gasteiger partial charge in [-0.2, -0.15) is 20.2 Å². The van der Waals surface area contributed by atoms with Crippen LogP contribution in [-0.2, 0) is 0 Å². The maximum absolute atomic E-state index is 8.63. The van der Waals surface area contributed by atoms with E-state index in [1.54, 1.807) is 4.90 Å². The summed E-state index contributed by atoms with van der Waals surface area (Å²) in [5, 5.41) is 8.63. The van der Waals surface area contributed by atoms with Crippen LogP contribution in [0.1, 0.15) is 13.3 Å². The maximum atomic E-state index is 8.63. The van der Waals surface area contributed by atoms with Crippen LogP contribution in [0.2, 0.25) is 0 Å². The number of nitrogens with two attached hydrogens (primary N) is 1. The number of hydrogen-bond donors (Lipinski definition) is 2. The summed E-state index contributed by atoms with van der Waals surface area (Å²) in [7, 11) is 3.68. The first-order valence-corrected chi connectivity index (χ1v) is 5.64. The Labute approximate surface area is 106 Å². The Morgan fingerprint density at radius 1 is 1.28 bits per heavy atom. The summed E-state index contributed by atoms with van der Waals surface area (Å²) in [4.78, 5) is 16.3. The number of nitriles is 1. The highest BCUT2D eigenvalue weighted by atomic mass is 15.4. The minimum absolute atomic E-state index is 0.305. The van der Waals surface area contributed by atoms with Gasteiger partial charge >= 0.3 is 0 Å². The highest BCUT2D eigenvalue weighted by Crippen LogP contribution is 2.14. The van der Waals surface area contributed by atoms with Crippen LogP contribution in [0.25, 0.3) is 0 Å². The second kappa shape index (κ2) is 6.56. The molecule has 1 heterocycles. The van der Waals surface area contributed by atoms with Gasteiger partial charge in [0.25, 0.3) is 0 Å². The molecule has 3 N–H and O–H groups in total. The van der Waals surface area contributed by atoms with Crippen LogP contribution < -0.4 is 21.1 Å². The monoisotopic (exact) mass is 250 g/mol. The van der Waals surface area contributed by atoms with Crippen molar-refractivity contribution in [3.05, 3.63) is 0 Å². The number of aromatic nitrogens is 3. The lowest BCUT2D eigenvalue weighted by atomic mass is 10.4. The molecule has 98 valence electrons. The van der Waals surface area contributed by atoms with Crippen molar-refractivity contribution in [1.29, 1.82) is 5.26 Å². The molecule has 18 heavy (non-hydrogen) atoms. The molecule has 0 aliphatic rings. The van der Waals surface area contributed by atoms with Crippen molar-refractivity contribution in [2.75, 3.05) is 42.4 Å². The standard InChI is InChI=1S/C10H18N8/c1-4-18(7-5-6-11)10-14-8(16-12)13-9(15-10)17(2)3/h4-5,7,12H2,1-3H3,(H,13,14,15,16). The molecule has 0 aliphatic carbocycles. The zero-order chi connectivity index (χ0) is 13.5. The normalized spacial score (nSPS) is 9.72. The molecule has 0 amide bonds. The zero-order valence-electron chi connectivity index (χ0n) is 10.9. The van der Waals surface area contributed by atoms with Gasteiger partial charge in [0.15, 0.2) is 0 Å². The molecule has 1 aromatic heterocycles. The van der Waals surface area contributed by atoms with Gasteiger partial charge in [-0.1, -0.05) is 0 Å². The molecule has 1 aromatic rings. The third-order valence-electron chi connectivity index (χ3n) is 2.30. The summed E-state index contributed by atoms with van der Waals surface area (Å²) < 4.78 is 0. The van der Waals surface area contributed by atoms with Gasteiger partial charge in [-0.25, -0.2) is 5.84 Å². The molecule has 0 radical (unpaired) electrons. The molecule has 0 saturated heterocycles. The SMILES string of the molecule is CCN(CCC#N)c1nc(NN)nc(N(C)C)n1. The van der Waals surface area contributed by atoms with Crippen molar-refractivity contribution < 1.29 is 0 Å². The summed E-state index contributed by atoms with van der Waals surface area (Å²) in [6, 6.07) is 2.10. The third kappa shape index (κ3) is 3.43. The van der Waals surface area contributed by atoms with Crippen LogP contribution >= 0.6 is 0 Å². The fourth-order valence-electron chi connectivity index (χ4n) is 1.34. The Kier molecular flexibility index (Phi) is 5.07. The van der Waals surface area contributed by atoms with E-state index in [-0.39, 0.29) is 0 Å². The number of hydrogen-bond acceptors (Lipinski definition) is 8. The first-order valence-electron chi connectivity index (χ1n) is 5.64. The zero-order valence-corrected chi connectivity index (χ0v) is 10.9. The first kappa shape index (κ1) is 13.9. The topological polar surface area (TPSA) is 107 Å². The van der Waals surface area contributed by atoms with Gasteiger partial charge in [0.1, 0.15) is 0 Å². The van der Waals surface area contributed by atoms with Crippen molar-refractivity contribution in [3.8, 4) is 6.07 Å². The van der Waals surface area contributed by atoms with Gasteiger partial charge in [-0.15, -0.1) is 0 Å². The predicted octanol–water partition coefficient (Wildman–Crippen LogP) is -0.0368. The van der Waals surface area contributed by atoms with Crippen molar-refractivity contribution in [2.24, 2.45) is 5.84 Å². The van der Waals surface area contributed by atoms with Crippen LogP contribution in [0.3, 0.4) is 0 Å². The molecule has 8 nitrogen and oxygen atoms in total. The van der Waals surface area contributed by atoms with Gasteiger partial charge in [0.2, 0.25) is 17.8 Å². The van der Waals surface area contributed by atoms with Crippen LogP contribution in [0.15, 0.2) is 0 Å². The quantitative estimate of drug-likeness (QED) is 0.535. The Morgan fingerprint density at radius 3 is 2.44 bits per heavy atom. The van der Waals surface area contributed by atoms with E-state index in [0.717, 1.165) is 0 Å². The lowest BCUT2D eigenvalue weighted by molar-refractivity contribution is 0.780. The summed E-state index contributed by atoms with van der Waals surface area (Å²) in [5.41, 5.74) is 2.42. The average Bonchev–Trinajstić information content (AvgIpc) is 2.39. The third-order valence-corrected chi connectivity index (χ3v) is 2.30. The molecular weight excluding hydrogens is 232 g/mol. The van der Waals surface area contributed by atoms with E-state index in [1.165, 1.54) is 0 Å². The van der Waals surface area contributed by atoms with E-state index >= 15 is 0 Å². The van der Waals surface area contributed by atoms with Gasteiger partial charge in [-0.05, 0) is 6.92 Å². The van der Waals surface area contributed by atoms with Crippen molar-refractivity contribution >= 4 is 17.8 Å². The summed E-state index contributed by atoms with van der Waals surface area (Å²) >= 11 is 0. The average molecular weight is 250 g/mol. The molecule has 1 rings (SSSR count). The Hall–Kier alpha value is -2.14. The van der Waals surface area contributed by atoms with Gasteiger partial charge in [0.05, 0.1) is 12.5 Å². The van der Waals surface area contributed by atoms with Crippen molar-refractivity contribution in [3.63, 3.8) is 0 Å². The van der Waals surface area contributed by atoms with Crippen LogP contribution in [0.4, 0.5) is 17.8 Å². The molecule has 0 fully saturated rings. The molecule has 0 unspecified atom stereocenters. The molecule has 0 spiro atoms. The smallest absolute Gasteiger partial charge is 0.243 e. The highest BCUT2D eigenvalue weighted by Gasteiger charge is 2.12. The van der Waals surface area contributed by atoms with E-state index in [4.69, 9.17) is 11.1 Å². The number of anilines is 3. The fraction of sp³-hybridized carbons (Fsp3) is 0.600. The van der Waals surface area contributed by atoms with Crippen LogP contribution in [0, 0.1) is 11.3 Å². The lowest BCUT2D eigenvalue weighted by Gasteiger charge is -2.21. The van der Waals surface area contributed by atoms with Gasteiger partial charge in [-0.3, -0.25) is 5.43 Å². The van der Waals surface area contributed by atoms with E-state index in [0.29, 0.717) is 37.4 Å². The summed E-state index contributed by atoms with van der Waals surface area (Å²) in [6.45, 7) is 3.27. The summed E-state index contributed by atoms with van der Waals surface area (Å²) in [5.74, 6) is 6.67. The molecule has 0 atom stereocenters. The molecule has 0 aliphatic heterocycles. The molecule has 8 heteroatoms. The number of nitrogen functional groups attached to an aromatic ring is 1. The summed E-state index contributed by atoms with van der Waals surface area (Å²) in [6.07, 6.45) is 0.419. The molecule has 0 bridgehead atoms. The second-order valence-electron chi connectivity index (χ2n) is 3.79. The first-order chi connectivity index (χ1) is 8.62. The Balaban J connectivity index is 3.05. The van der Waals surface area contributed by atoms with Crippen molar-refractivity contribution in [1.82, 2.24) is 15.0 Å². The molecule has 0 aromatic carbocycles. The number of rotatable bonds is 6. The van der Waals surface area contributed by atoms with Crippen LogP contribution in [-0.4, -0.2) is 42.1 Å². The van der Waals surface area contributed by atoms with E-state index < -0.39 is 0 Å².